The van der Waals surface area contributed by atoms with Gasteiger partial charge in [0.2, 0.25) is 0 Å². The van der Waals surface area contributed by atoms with Gasteiger partial charge in [0, 0.05) is 19.8 Å². The summed E-state index contributed by atoms with van der Waals surface area (Å²) >= 11 is 0. The number of ether oxygens (including phenoxy) is 1. The third-order valence-corrected chi connectivity index (χ3v) is 9.21. The van der Waals surface area contributed by atoms with Gasteiger partial charge >= 0.3 is 5.97 Å². The summed E-state index contributed by atoms with van der Waals surface area (Å²) in [6.07, 6.45) is 15.9. The minimum Gasteiger partial charge on any atom is -1.00 e. The van der Waals surface area contributed by atoms with E-state index in [-0.39, 0.29) is 18.4 Å². The van der Waals surface area contributed by atoms with Gasteiger partial charge in [-0.3, -0.25) is 0 Å². The summed E-state index contributed by atoms with van der Waals surface area (Å²) in [6.45, 7) is 10.9. The molecule has 0 fully saturated rings. The molecule has 0 saturated carbocycles. The zero-order valence-electron chi connectivity index (χ0n) is 14.9. The molecule has 0 aromatic rings. The number of carbonyl (C=O) groups is 1. The lowest BCUT2D eigenvalue weighted by Crippen LogP contribution is -3.00. The molecule has 0 saturated heterocycles. The van der Waals surface area contributed by atoms with Crippen LogP contribution in [-0.4, -0.2) is 37.2 Å². The van der Waals surface area contributed by atoms with Crippen LogP contribution in [0.15, 0.2) is 12.7 Å². The minimum absolute atomic E-state index is 0. The van der Waals surface area contributed by atoms with Gasteiger partial charge < -0.3 is 17.1 Å². The molecule has 4 heteroatoms. The highest BCUT2D eigenvalue weighted by atomic mass is 35.5. The van der Waals surface area contributed by atoms with Gasteiger partial charge in [0.05, 0.1) is 31.3 Å². The van der Waals surface area contributed by atoms with Crippen molar-refractivity contribution in [1.29, 1.82) is 0 Å². The van der Waals surface area contributed by atoms with Crippen molar-refractivity contribution in [3.05, 3.63) is 12.7 Å². The molecule has 0 aliphatic rings. The molecule has 0 aliphatic carbocycles. The summed E-state index contributed by atoms with van der Waals surface area (Å²) < 4.78 is 5.16. The number of hydrogen-bond acceptors (Lipinski definition) is 2. The van der Waals surface area contributed by atoms with E-state index in [2.05, 4.69) is 27.4 Å². The Kier molecular flexibility index (Phi) is 17.4. The summed E-state index contributed by atoms with van der Waals surface area (Å²) in [5.41, 5.74) is 0. The smallest absolute Gasteiger partial charge is 0.330 e. The van der Waals surface area contributed by atoms with Crippen LogP contribution in [0.4, 0.5) is 0 Å². The van der Waals surface area contributed by atoms with Crippen LogP contribution in [0, 0.1) is 0 Å². The Morgan fingerprint density at radius 2 is 1.32 bits per heavy atom. The van der Waals surface area contributed by atoms with Crippen LogP contribution in [0.25, 0.3) is 0 Å². The SMILES string of the molecule is C=CC(=O)OCCC[P+](CCCC)(CCCC)CCCC.[Cl-]. The van der Waals surface area contributed by atoms with E-state index in [0.29, 0.717) is 6.61 Å². The quantitative estimate of drug-likeness (QED) is 0.208. The highest BCUT2D eigenvalue weighted by Crippen LogP contribution is 2.61. The molecule has 0 N–H and O–H groups in total. The van der Waals surface area contributed by atoms with E-state index in [9.17, 15) is 4.79 Å². The highest BCUT2D eigenvalue weighted by molar-refractivity contribution is 7.75. The number of halogens is 1. The van der Waals surface area contributed by atoms with E-state index in [1.54, 1.807) is 0 Å². The Labute approximate surface area is 145 Å². The molecule has 2 nitrogen and oxygen atoms in total. The summed E-state index contributed by atoms with van der Waals surface area (Å²) in [5, 5.41) is 0. The zero-order valence-corrected chi connectivity index (χ0v) is 16.6. The Morgan fingerprint density at radius 3 is 1.68 bits per heavy atom. The van der Waals surface area contributed by atoms with E-state index in [4.69, 9.17) is 4.74 Å². The second-order valence-corrected chi connectivity index (χ2v) is 10.5. The first-order valence-electron chi connectivity index (χ1n) is 8.78. The molecule has 0 aromatic carbocycles. The molecule has 0 aromatic heterocycles. The topological polar surface area (TPSA) is 26.3 Å². The van der Waals surface area contributed by atoms with Gasteiger partial charge in [-0.15, -0.1) is 0 Å². The summed E-state index contributed by atoms with van der Waals surface area (Å²) in [7, 11) is -0.831. The van der Waals surface area contributed by atoms with E-state index in [1.165, 1.54) is 69.2 Å². The second kappa shape index (κ2) is 15.8. The first-order chi connectivity index (χ1) is 10.1. The Bertz CT molecular complexity index is 260. The average molecular weight is 351 g/mol. The molecule has 0 unspecified atom stereocenters. The normalized spacial score (nSPS) is 10.9. The fourth-order valence-corrected chi connectivity index (χ4v) is 7.89. The van der Waals surface area contributed by atoms with Crippen LogP contribution in [0.2, 0.25) is 0 Å². The van der Waals surface area contributed by atoms with Gasteiger partial charge in [0.1, 0.15) is 0 Å². The third kappa shape index (κ3) is 11.5. The minimum atomic E-state index is -0.831. The molecular formula is C18H36ClO2P. The fourth-order valence-electron chi connectivity index (χ4n) is 2.78. The largest absolute Gasteiger partial charge is 1.00 e. The molecule has 0 rings (SSSR count). The van der Waals surface area contributed by atoms with E-state index in [0.717, 1.165) is 6.42 Å². The Hall–Kier alpha value is -0.0700. The number of esters is 1. The second-order valence-electron chi connectivity index (χ2n) is 6.02. The maximum absolute atomic E-state index is 11.1. The molecule has 0 amide bonds. The van der Waals surface area contributed by atoms with E-state index >= 15 is 0 Å². The van der Waals surface area contributed by atoms with Gasteiger partial charge in [-0.05, 0) is 19.3 Å². The van der Waals surface area contributed by atoms with Crippen molar-refractivity contribution in [2.24, 2.45) is 0 Å². The summed E-state index contributed by atoms with van der Waals surface area (Å²) in [5.74, 6) is -0.283. The Balaban J connectivity index is 0. The molecule has 0 heterocycles. The maximum Gasteiger partial charge on any atom is 0.330 e. The molecule has 0 bridgehead atoms. The molecule has 22 heavy (non-hydrogen) atoms. The standard InChI is InChI=1S/C18H36O2P.ClH/c1-5-9-14-21(15-10-6-2,16-11-7-3)17-12-13-20-18(19)8-4;/h8H,4-7,9-17H2,1-3H3;1H/q+1;/p-1. The first-order valence-corrected chi connectivity index (χ1v) is 11.3. The van der Waals surface area contributed by atoms with Gasteiger partial charge in [-0.2, -0.15) is 0 Å². The fraction of sp³-hybridized carbons (Fsp3) is 0.833. The predicted molar refractivity (Wildman–Crippen MR) is 96.9 cm³/mol. The van der Waals surface area contributed by atoms with Gasteiger partial charge in [0.25, 0.3) is 0 Å². The molecule has 0 aliphatic heterocycles. The van der Waals surface area contributed by atoms with Gasteiger partial charge in [-0.25, -0.2) is 4.79 Å². The molecule has 0 spiro atoms. The molecule has 132 valence electrons. The number of hydrogen-bond donors (Lipinski definition) is 0. The van der Waals surface area contributed by atoms with E-state index in [1.807, 2.05) is 0 Å². The summed E-state index contributed by atoms with van der Waals surface area (Å²) in [4.78, 5) is 11.1. The van der Waals surface area contributed by atoms with Gasteiger partial charge in [0.15, 0.2) is 0 Å². The highest BCUT2D eigenvalue weighted by Gasteiger charge is 2.34. The third-order valence-electron chi connectivity index (χ3n) is 4.15. The van der Waals surface area contributed by atoms with Crippen molar-refractivity contribution in [2.45, 2.75) is 65.7 Å². The van der Waals surface area contributed by atoms with Crippen LogP contribution in [0.1, 0.15) is 65.7 Å². The number of carbonyl (C=O) groups excluding carboxylic acids is 1. The van der Waals surface area contributed by atoms with Crippen LogP contribution in [0.5, 0.6) is 0 Å². The van der Waals surface area contributed by atoms with Crippen molar-refractivity contribution in [1.82, 2.24) is 0 Å². The molecule has 0 atom stereocenters. The van der Waals surface area contributed by atoms with Crippen molar-refractivity contribution < 1.29 is 21.9 Å². The summed E-state index contributed by atoms with van der Waals surface area (Å²) in [6, 6.07) is 0. The van der Waals surface area contributed by atoms with E-state index < -0.39 is 7.26 Å². The predicted octanol–water partition coefficient (Wildman–Crippen LogP) is 2.53. The van der Waals surface area contributed by atoms with Crippen molar-refractivity contribution in [3.63, 3.8) is 0 Å². The van der Waals surface area contributed by atoms with Crippen molar-refractivity contribution in [3.8, 4) is 0 Å². The first kappa shape index (κ1) is 24.2. The number of unbranched alkanes of at least 4 members (excludes halogenated alkanes) is 3. The van der Waals surface area contributed by atoms with Crippen molar-refractivity contribution >= 4 is 13.2 Å². The van der Waals surface area contributed by atoms with Crippen LogP contribution in [0.3, 0.4) is 0 Å². The average Bonchev–Trinajstić information content (AvgIpc) is 2.52. The monoisotopic (exact) mass is 350 g/mol. The lowest BCUT2D eigenvalue weighted by molar-refractivity contribution is -0.137. The van der Waals surface area contributed by atoms with Gasteiger partial charge in [-0.1, -0.05) is 46.6 Å². The number of rotatable bonds is 14. The molecule has 0 radical (unpaired) electrons. The Morgan fingerprint density at radius 1 is 0.909 bits per heavy atom. The van der Waals surface area contributed by atoms with Crippen molar-refractivity contribution in [2.75, 3.05) is 31.3 Å². The molecular weight excluding hydrogens is 315 g/mol. The van der Waals surface area contributed by atoms with Crippen LogP contribution < -0.4 is 12.4 Å². The van der Waals surface area contributed by atoms with Crippen LogP contribution >= 0.6 is 7.26 Å². The lowest BCUT2D eigenvalue weighted by atomic mass is 10.4. The zero-order chi connectivity index (χ0) is 16.0. The maximum atomic E-state index is 11.1. The lowest BCUT2D eigenvalue weighted by Gasteiger charge is -2.28. The van der Waals surface area contributed by atoms with Crippen LogP contribution in [-0.2, 0) is 9.53 Å².